The van der Waals surface area contributed by atoms with Crippen molar-refractivity contribution >= 4 is 29.0 Å². The minimum Gasteiger partial charge on any atom is -0.301 e. The molecular weight excluding hydrogens is 337 g/mol. The zero-order valence-electron chi connectivity index (χ0n) is 13.1. The fourth-order valence-corrected chi connectivity index (χ4v) is 3.58. The monoisotopic (exact) mass is 352 g/mol. The molecule has 1 aliphatic heterocycles. The molecular formula is C17H15F3N2OS. The molecule has 2 aromatic rings. The minimum atomic E-state index is -4.45. The van der Waals surface area contributed by atoms with Gasteiger partial charge in [-0.2, -0.15) is 13.2 Å². The number of carbonyl (C=O) groups excluding carboxylic acids is 1. The van der Waals surface area contributed by atoms with Gasteiger partial charge in [-0.25, -0.2) is 0 Å². The van der Waals surface area contributed by atoms with Crippen molar-refractivity contribution in [2.45, 2.75) is 16.0 Å². The predicted molar refractivity (Wildman–Crippen MR) is 87.7 cm³/mol. The number of benzene rings is 2. The van der Waals surface area contributed by atoms with Crippen LogP contribution >= 0.6 is 11.8 Å². The Labute approximate surface area is 142 Å². The normalized spacial score (nSPS) is 13.7. The Morgan fingerprint density at radius 3 is 2.42 bits per heavy atom. The largest absolute Gasteiger partial charge is 0.416 e. The van der Waals surface area contributed by atoms with Crippen LogP contribution in [0.15, 0.2) is 52.3 Å². The van der Waals surface area contributed by atoms with Gasteiger partial charge in [-0.15, -0.1) is 0 Å². The van der Waals surface area contributed by atoms with Crippen LogP contribution in [0.3, 0.4) is 0 Å². The Balaban J connectivity index is 2.14. The van der Waals surface area contributed by atoms with Crippen molar-refractivity contribution in [2.24, 2.45) is 0 Å². The second kappa shape index (κ2) is 6.14. The van der Waals surface area contributed by atoms with Gasteiger partial charge < -0.3 is 4.90 Å². The summed E-state index contributed by atoms with van der Waals surface area (Å²) in [5, 5.41) is 0. The smallest absolute Gasteiger partial charge is 0.301 e. The number of likely N-dealkylation sites (N-methyl/N-ethyl adjacent to an activating group) is 1. The predicted octanol–water partition coefficient (Wildman–Crippen LogP) is 4.40. The van der Waals surface area contributed by atoms with Crippen molar-refractivity contribution in [3.63, 3.8) is 0 Å². The first kappa shape index (κ1) is 16.9. The number of hydrogen-bond donors (Lipinski definition) is 0. The average molecular weight is 352 g/mol. The Bertz CT molecular complexity index is 790. The number of alkyl halides is 3. The molecule has 3 rings (SSSR count). The molecule has 1 amide bonds. The summed E-state index contributed by atoms with van der Waals surface area (Å²) in [6.07, 6.45) is -4.45. The number of para-hydroxylation sites is 1. The van der Waals surface area contributed by atoms with Crippen LogP contribution in [0.5, 0.6) is 0 Å². The molecule has 0 aliphatic carbocycles. The molecule has 0 atom stereocenters. The number of anilines is 2. The summed E-state index contributed by atoms with van der Waals surface area (Å²) >= 11 is 1.37. The molecule has 126 valence electrons. The highest BCUT2D eigenvalue weighted by atomic mass is 32.2. The summed E-state index contributed by atoms with van der Waals surface area (Å²) in [4.78, 5) is 17.2. The number of rotatable bonds is 2. The van der Waals surface area contributed by atoms with Gasteiger partial charge in [0.2, 0.25) is 5.91 Å². The third-order valence-electron chi connectivity index (χ3n) is 3.55. The Hall–Kier alpha value is -1.99. The molecule has 0 saturated heterocycles. The van der Waals surface area contributed by atoms with E-state index in [1.807, 2.05) is 12.1 Å². The van der Waals surface area contributed by atoms with Crippen LogP contribution in [0.1, 0.15) is 5.56 Å². The first-order valence-corrected chi connectivity index (χ1v) is 8.05. The summed E-state index contributed by atoms with van der Waals surface area (Å²) in [6, 6.07) is 10.7. The van der Waals surface area contributed by atoms with E-state index in [0.717, 1.165) is 17.0 Å². The molecule has 0 unspecified atom stereocenters. The van der Waals surface area contributed by atoms with Crippen LogP contribution < -0.4 is 4.90 Å². The molecule has 0 aromatic heterocycles. The lowest BCUT2D eigenvalue weighted by Crippen LogP contribution is -2.36. The van der Waals surface area contributed by atoms with Crippen LogP contribution in [0.2, 0.25) is 0 Å². The fourth-order valence-electron chi connectivity index (χ4n) is 2.54. The summed E-state index contributed by atoms with van der Waals surface area (Å²) in [5.41, 5.74) is 0.130. The van der Waals surface area contributed by atoms with E-state index in [9.17, 15) is 18.0 Å². The molecule has 0 N–H and O–H groups in total. The molecule has 0 bridgehead atoms. The number of amides is 1. The molecule has 24 heavy (non-hydrogen) atoms. The highest BCUT2D eigenvalue weighted by Crippen LogP contribution is 2.49. The molecule has 0 saturated carbocycles. The topological polar surface area (TPSA) is 23.6 Å². The summed E-state index contributed by atoms with van der Waals surface area (Å²) in [5.74, 6) is -0.270. The van der Waals surface area contributed by atoms with E-state index in [0.29, 0.717) is 10.6 Å². The van der Waals surface area contributed by atoms with Gasteiger partial charge in [0.25, 0.3) is 0 Å². The van der Waals surface area contributed by atoms with Crippen molar-refractivity contribution in [1.82, 2.24) is 4.90 Å². The van der Waals surface area contributed by atoms with Gasteiger partial charge in [0, 0.05) is 9.79 Å². The van der Waals surface area contributed by atoms with Crippen LogP contribution in [0.25, 0.3) is 0 Å². The highest BCUT2D eigenvalue weighted by molar-refractivity contribution is 7.99. The first-order chi connectivity index (χ1) is 11.3. The van der Waals surface area contributed by atoms with Crippen LogP contribution in [-0.4, -0.2) is 31.4 Å². The van der Waals surface area contributed by atoms with Crippen molar-refractivity contribution in [3.05, 3.63) is 48.0 Å². The van der Waals surface area contributed by atoms with Gasteiger partial charge in [0.1, 0.15) is 0 Å². The molecule has 0 radical (unpaired) electrons. The number of carbonyl (C=O) groups is 1. The van der Waals surface area contributed by atoms with Gasteiger partial charge in [-0.05, 0) is 44.4 Å². The van der Waals surface area contributed by atoms with E-state index in [-0.39, 0.29) is 18.1 Å². The first-order valence-electron chi connectivity index (χ1n) is 7.23. The molecule has 3 nitrogen and oxygen atoms in total. The third kappa shape index (κ3) is 3.14. The van der Waals surface area contributed by atoms with Gasteiger partial charge in [-0.1, -0.05) is 23.9 Å². The number of hydrogen-bond acceptors (Lipinski definition) is 3. The fraction of sp³-hybridized carbons (Fsp3) is 0.235. The van der Waals surface area contributed by atoms with Crippen LogP contribution in [0, 0.1) is 0 Å². The maximum absolute atomic E-state index is 13.1. The van der Waals surface area contributed by atoms with Crippen molar-refractivity contribution in [1.29, 1.82) is 0 Å². The van der Waals surface area contributed by atoms with E-state index in [2.05, 4.69) is 0 Å². The molecule has 1 heterocycles. The van der Waals surface area contributed by atoms with Crippen LogP contribution in [-0.2, 0) is 11.0 Å². The lowest BCUT2D eigenvalue weighted by Gasteiger charge is -2.32. The summed E-state index contributed by atoms with van der Waals surface area (Å²) in [6.45, 7) is 0.106. The standard InChI is InChI=1S/C17H15F3N2OS/c1-21(2)10-16(23)22-12-5-3-4-6-14(12)24-15-8-7-11(9-13(15)22)17(18,19)20/h3-9H,10H2,1-2H3. The van der Waals surface area contributed by atoms with Gasteiger partial charge >= 0.3 is 6.18 Å². The van der Waals surface area contributed by atoms with Gasteiger partial charge in [0.15, 0.2) is 0 Å². The van der Waals surface area contributed by atoms with E-state index >= 15 is 0 Å². The molecule has 0 spiro atoms. The second-order valence-corrected chi connectivity index (χ2v) is 6.80. The van der Waals surface area contributed by atoms with Crippen molar-refractivity contribution < 1.29 is 18.0 Å². The molecule has 1 aliphatic rings. The second-order valence-electron chi connectivity index (χ2n) is 5.72. The van der Waals surface area contributed by atoms with E-state index < -0.39 is 11.7 Å². The van der Waals surface area contributed by atoms with E-state index in [1.54, 1.807) is 31.1 Å². The Morgan fingerprint density at radius 2 is 1.75 bits per heavy atom. The quantitative estimate of drug-likeness (QED) is 0.801. The highest BCUT2D eigenvalue weighted by Gasteiger charge is 2.34. The zero-order chi connectivity index (χ0) is 17.5. The average Bonchev–Trinajstić information content (AvgIpc) is 2.50. The van der Waals surface area contributed by atoms with Crippen LogP contribution in [0.4, 0.5) is 24.5 Å². The number of fused-ring (bicyclic) bond motifs is 2. The van der Waals surface area contributed by atoms with Crippen molar-refractivity contribution in [2.75, 3.05) is 25.5 Å². The molecule has 2 aromatic carbocycles. The Kier molecular flexibility index (Phi) is 4.31. The molecule has 0 fully saturated rings. The van der Waals surface area contributed by atoms with E-state index in [1.165, 1.54) is 22.7 Å². The summed E-state index contributed by atoms with van der Waals surface area (Å²) in [7, 11) is 3.49. The molecule has 7 heteroatoms. The number of halogens is 3. The zero-order valence-corrected chi connectivity index (χ0v) is 13.9. The SMILES string of the molecule is CN(C)CC(=O)N1c2ccccc2Sc2ccc(C(F)(F)F)cc21. The van der Waals surface area contributed by atoms with Crippen molar-refractivity contribution in [3.8, 4) is 0 Å². The number of nitrogens with zero attached hydrogens (tertiary/aromatic N) is 2. The Morgan fingerprint density at radius 1 is 1.08 bits per heavy atom. The lowest BCUT2D eigenvalue weighted by atomic mass is 10.1. The van der Waals surface area contributed by atoms with Gasteiger partial charge in [0.05, 0.1) is 23.5 Å². The minimum absolute atomic E-state index is 0.106. The maximum Gasteiger partial charge on any atom is 0.416 e. The maximum atomic E-state index is 13.1. The lowest BCUT2D eigenvalue weighted by molar-refractivity contribution is -0.137. The van der Waals surface area contributed by atoms with Gasteiger partial charge in [-0.3, -0.25) is 9.69 Å². The van der Waals surface area contributed by atoms with E-state index in [4.69, 9.17) is 0 Å². The third-order valence-corrected chi connectivity index (χ3v) is 4.68. The summed E-state index contributed by atoms with van der Waals surface area (Å²) < 4.78 is 39.2.